The van der Waals surface area contributed by atoms with Crippen molar-refractivity contribution in [3.8, 4) is 0 Å². The van der Waals surface area contributed by atoms with Crippen LogP contribution < -0.4 is 5.73 Å². The van der Waals surface area contributed by atoms with Gasteiger partial charge < -0.3 is 10.6 Å². The van der Waals surface area contributed by atoms with E-state index in [0.29, 0.717) is 5.41 Å². The smallest absolute Gasteiger partial charge is 0.00499 e. The van der Waals surface area contributed by atoms with Crippen LogP contribution in [-0.2, 0) is 0 Å². The Morgan fingerprint density at radius 1 is 0.938 bits per heavy atom. The van der Waals surface area contributed by atoms with E-state index in [4.69, 9.17) is 5.73 Å². The van der Waals surface area contributed by atoms with Crippen molar-refractivity contribution >= 4 is 0 Å². The zero-order valence-corrected chi connectivity index (χ0v) is 11.3. The summed E-state index contributed by atoms with van der Waals surface area (Å²) in [6, 6.07) is 0. The minimum Gasteiger partial charge on any atom is -0.330 e. The number of likely N-dealkylation sites (tertiary alicyclic amines) is 1. The monoisotopic (exact) mass is 226 g/mol. The molecule has 2 nitrogen and oxygen atoms in total. The fourth-order valence-corrected chi connectivity index (χ4v) is 2.77. The molecule has 1 rings (SSSR count). The lowest BCUT2D eigenvalue weighted by molar-refractivity contribution is 0.135. The number of nitrogens with zero attached hydrogens (tertiary/aromatic N) is 1. The van der Waals surface area contributed by atoms with Gasteiger partial charge in [0.2, 0.25) is 0 Å². The highest BCUT2D eigenvalue weighted by molar-refractivity contribution is 4.82. The van der Waals surface area contributed by atoms with Crippen LogP contribution in [0.5, 0.6) is 0 Å². The third kappa shape index (κ3) is 4.06. The molecule has 0 aromatic rings. The summed E-state index contributed by atoms with van der Waals surface area (Å²) in [4.78, 5) is 2.67. The molecular weight excluding hydrogens is 196 g/mol. The molecule has 0 amide bonds. The maximum atomic E-state index is 5.99. The molecule has 96 valence electrons. The van der Waals surface area contributed by atoms with Crippen LogP contribution in [0.2, 0.25) is 0 Å². The van der Waals surface area contributed by atoms with Gasteiger partial charge in [-0.25, -0.2) is 0 Å². The van der Waals surface area contributed by atoms with E-state index in [1.165, 1.54) is 64.6 Å². The van der Waals surface area contributed by atoms with Gasteiger partial charge in [-0.1, -0.05) is 33.1 Å². The second-order valence-corrected chi connectivity index (χ2v) is 5.46. The molecule has 0 saturated carbocycles. The number of hydrogen-bond donors (Lipinski definition) is 1. The van der Waals surface area contributed by atoms with Gasteiger partial charge in [-0.05, 0) is 50.7 Å². The van der Waals surface area contributed by atoms with E-state index in [9.17, 15) is 0 Å². The summed E-state index contributed by atoms with van der Waals surface area (Å²) in [6.07, 6.45) is 9.49. The second kappa shape index (κ2) is 7.29. The van der Waals surface area contributed by atoms with E-state index in [2.05, 4.69) is 18.7 Å². The molecule has 2 N–H and O–H groups in total. The van der Waals surface area contributed by atoms with Crippen molar-refractivity contribution in [3.05, 3.63) is 0 Å². The van der Waals surface area contributed by atoms with Crippen LogP contribution in [-0.4, -0.2) is 31.1 Å². The summed E-state index contributed by atoms with van der Waals surface area (Å²) in [5.74, 6) is 0. The van der Waals surface area contributed by atoms with E-state index in [0.717, 1.165) is 6.54 Å². The molecule has 1 heterocycles. The van der Waals surface area contributed by atoms with Crippen molar-refractivity contribution in [2.24, 2.45) is 11.1 Å². The molecule has 1 aliphatic heterocycles. The van der Waals surface area contributed by atoms with Crippen LogP contribution in [0, 0.1) is 5.41 Å². The lowest BCUT2D eigenvalue weighted by Gasteiger charge is -2.37. The van der Waals surface area contributed by atoms with Crippen LogP contribution in [0.4, 0.5) is 0 Å². The molecule has 0 aromatic heterocycles. The molecule has 0 radical (unpaired) electrons. The minimum absolute atomic E-state index is 0.374. The zero-order valence-electron chi connectivity index (χ0n) is 11.3. The van der Waals surface area contributed by atoms with Crippen molar-refractivity contribution < 1.29 is 0 Å². The summed E-state index contributed by atoms with van der Waals surface area (Å²) < 4.78 is 0. The molecule has 0 aromatic carbocycles. The van der Waals surface area contributed by atoms with Gasteiger partial charge in [-0.15, -0.1) is 0 Å². The van der Waals surface area contributed by atoms with Crippen LogP contribution in [0.25, 0.3) is 0 Å². The SMILES string of the molecule is CCC(CC)(CN)CN1CCCCCCC1. The Morgan fingerprint density at radius 3 is 1.88 bits per heavy atom. The average Bonchev–Trinajstić information content (AvgIpc) is 2.29. The summed E-state index contributed by atoms with van der Waals surface area (Å²) in [5.41, 5.74) is 6.36. The highest BCUT2D eigenvalue weighted by Crippen LogP contribution is 2.27. The molecule has 0 unspecified atom stereocenters. The van der Waals surface area contributed by atoms with Gasteiger partial charge in [0.15, 0.2) is 0 Å². The minimum atomic E-state index is 0.374. The average molecular weight is 226 g/mol. The van der Waals surface area contributed by atoms with E-state index in [1.54, 1.807) is 0 Å². The van der Waals surface area contributed by atoms with Gasteiger partial charge in [0.1, 0.15) is 0 Å². The summed E-state index contributed by atoms with van der Waals surface area (Å²) in [7, 11) is 0. The molecule has 0 bridgehead atoms. The van der Waals surface area contributed by atoms with Gasteiger partial charge in [0.05, 0.1) is 0 Å². The van der Waals surface area contributed by atoms with E-state index < -0.39 is 0 Å². The zero-order chi connectivity index (χ0) is 11.9. The lowest BCUT2D eigenvalue weighted by Crippen LogP contribution is -2.43. The first-order valence-electron chi connectivity index (χ1n) is 7.19. The number of nitrogens with two attached hydrogens (primary N) is 1. The van der Waals surface area contributed by atoms with E-state index >= 15 is 0 Å². The standard InChI is InChI=1S/C14H30N2/c1-3-14(4-2,12-15)13-16-10-8-6-5-7-9-11-16/h3-13,15H2,1-2H3. The van der Waals surface area contributed by atoms with Crippen LogP contribution in [0.15, 0.2) is 0 Å². The highest BCUT2D eigenvalue weighted by Gasteiger charge is 2.27. The molecule has 1 aliphatic rings. The van der Waals surface area contributed by atoms with Crippen molar-refractivity contribution in [2.75, 3.05) is 26.2 Å². The maximum absolute atomic E-state index is 5.99. The maximum Gasteiger partial charge on any atom is 0.00499 e. The van der Waals surface area contributed by atoms with Crippen molar-refractivity contribution in [2.45, 2.75) is 58.8 Å². The molecule has 1 saturated heterocycles. The Balaban J connectivity index is 2.47. The number of hydrogen-bond acceptors (Lipinski definition) is 2. The summed E-state index contributed by atoms with van der Waals surface area (Å²) in [5, 5.41) is 0. The summed E-state index contributed by atoms with van der Waals surface area (Å²) in [6.45, 7) is 9.23. The normalized spacial score (nSPS) is 20.4. The van der Waals surface area contributed by atoms with Gasteiger partial charge >= 0.3 is 0 Å². The fourth-order valence-electron chi connectivity index (χ4n) is 2.77. The Bertz CT molecular complexity index is 159. The molecule has 0 spiro atoms. The predicted molar refractivity (Wildman–Crippen MR) is 71.6 cm³/mol. The first kappa shape index (κ1) is 14.0. The van der Waals surface area contributed by atoms with Crippen LogP contribution in [0.3, 0.4) is 0 Å². The fraction of sp³-hybridized carbons (Fsp3) is 1.00. The van der Waals surface area contributed by atoms with Gasteiger partial charge in [0, 0.05) is 6.54 Å². The Kier molecular flexibility index (Phi) is 6.37. The first-order chi connectivity index (χ1) is 7.76. The third-order valence-corrected chi connectivity index (χ3v) is 4.44. The largest absolute Gasteiger partial charge is 0.330 e. The molecule has 2 heteroatoms. The van der Waals surface area contributed by atoms with Crippen molar-refractivity contribution in [1.29, 1.82) is 0 Å². The van der Waals surface area contributed by atoms with Crippen molar-refractivity contribution in [3.63, 3.8) is 0 Å². The lowest BCUT2D eigenvalue weighted by atomic mass is 9.81. The van der Waals surface area contributed by atoms with Crippen LogP contribution >= 0.6 is 0 Å². The predicted octanol–water partition coefficient (Wildman–Crippen LogP) is 3.02. The van der Waals surface area contributed by atoms with Gasteiger partial charge in [-0.2, -0.15) is 0 Å². The van der Waals surface area contributed by atoms with Gasteiger partial charge in [-0.3, -0.25) is 0 Å². The second-order valence-electron chi connectivity index (χ2n) is 5.46. The van der Waals surface area contributed by atoms with Crippen molar-refractivity contribution in [1.82, 2.24) is 4.90 Å². The first-order valence-corrected chi connectivity index (χ1v) is 7.19. The molecular formula is C14H30N2. The Labute approximate surface area is 102 Å². The van der Waals surface area contributed by atoms with E-state index in [1.807, 2.05) is 0 Å². The Morgan fingerprint density at radius 2 is 1.44 bits per heavy atom. The Hall–Kier alpha value is -0.0800. The van der Waals surface area contributed by atoms with Crippen LogP contribution in [0.1, 0.15) is 58.8 Å². The number of rotatable bonds is 5. The molecule has 0 aliphatic carbocycles. The molecule has 16 heavy (non-hydrogen) atoms. The van der Waals surface area contributed by atoms with E-state index in [-0.39, 0.29) is 0 Å². The van der Waals surface area contributed by atoms with Gasteiger partial charge in [0.25, 0.3) is 0 Å². The molecule has 0 atom stereocenters. The summed E-state index contributed by atoms with van der Waals surface area (Å²) >= 11 is 0. The quantitative estimate of drug-likeness (QED) is 0.781. The highest BCUT2D eigenvalue weighted by atomic mass is 15.1. The molecule has 1 fully saturated rings. The topological polar surface area (TPSA) is 29.3 Å². The third-order valence-electron chi connectivity index (χ3n) is 4.44.